The molecular formula is H3AlF4NNa. The van der Waals surface area contributed by atoms with Gasteiger partial charge in [-0.2, -0.15) is 0 Å². The van der Waals surface area contributed by atoms with Gasteiger partial charge in [-0.15, -0.1) is 0 Å². The monoisotopic (exact) mass is 143 g/mol. The van der Waals surface area contributed by atoms with Gasteiger partial charge in [0.2, 0.25) is 0 Å². The Kier molecular flexibility index (Phi) is 7860. The third-order valence-electron chi connectivity index (χ3n) is 0. The van der Waals surface area contributed by atoms with Gasteiger partial charge in [0.25, 0.3) is 0 Å². The fourth-order valence-electron chi connectivity index (χ4n) is 0. The zero-order chi connectivity index (χ0) is 0. The maximum Gasteiger partial charge on any atom is 3.00 e. The van der Waals surface area contributed by atoms with Crippen molar-refractivity contribution in [3.63, 3.8) is 0 Å². The second kappa shape index (κ2) is 189. The third kappa shape index (κ3) is 133. The first-order valence-electron chi connectivity index (χ1n) is 0. The van der Waals surface area contributed by atoms with E-state index in [-0.39, 0.29) is 71.9 Å². The van der Waals surface area contributed by atoms with Gasteiger partial charge in [-0.25, -0.2) is 0 Å². The molecule has 0 saturated heterocycles. The van der Waals surface area contributed by atoms with Gasteiger partial charge in [-0.05, 0) is 0 Å². The summed E-state index contributed by atoms with van der Waals surface area (Å²) in [6.07, 6.45) is 0. The first kappa shape index (κ1) is 291. The molecule has 7 heavy (non-hydrogen) atoms. The van der Waals surface area contributed by atoms with Gasteiger partial charge in [0.1, 0.15) is 0 Å². The van der Waals surface area contributed by atoms with Gasteiger partial charge in [-0.3, -0.25) is 0 Å². The number of hydrogen-bond acceptors (Lipinski definition) is 1. The standard InChI is InChI=1S/Al.4FH.H3N.Na/h;4*1H;1H3;/q+3;;;;;;+1/p-4. The van der Waals surface area contributed by atoms with E-state index < -0.39 is 0 Å². The van der Waals surface area contributed by atoms with Crippen molar-refractivity contribution < 1.29 is 48.4 Å². The van der Waals surface area contributed by atoms with Crippen LogP contribution in [0.4, 0.5) is 0 Å². The SMILES string of the molecule is N.[Al+3].[F-].[F-].[F-].[F-].[Na+]. The molecule has 1 nitrogen and oxygen atoms in total. The zero-order valence-corrected chi connectivity index (χ0v) is 6.95. The predicted molar refractivity (Wildman–Crippen MR) is 10.8 cm³/mol. The van der Waals surface area contributed by atoms with Crippen molar-refractivity contribution in [1.29, 1.82) is 0 Å². The van der Waals surface area contributed by atoms with Crippen LogP contribution in [0.2, 0.25) is 0 Å². The van der Waals surface area contributed by atoms with E-state index in [2.05, 4.69) is 0 Å². The van der Waals surface area contributed by atoms with Crippen molar-refractivity contribution in [3.05, 3.63) is 0 Å². The Hall–Kier alpha value is 1.21. The molecule has 0 aromatic heterocycles. The Morgan fingerprint density at radius 1 is 0.571 bits per heavy atom. The van der Waals surface area contributed by atoms with Crippen LogP contribution in [0.15, 0.2) is 0 Å². The second-order valence-corrected chi connectivity index (χ2v) is 0. The molecule has 0 aromatic carbocycles. The Labute approximate surface area is 71.7 Å². The molecule has 40 valence electrons. The van der Waals surface area contributed by atoms with Crippen LogP contribution in [0, 0.1) is 0 Å². The number of rotatable bonds is 0. The fraction of sp³-hybridized carbons (Fsp3) is 0. The van der Waals surface area contributed by atoms with Gasteiger partial charge in [0.05, 0.1) is 0 Å². The Balaban J connectivity index is 0. The molecule has 7 heteroatoms. The minimum Gasteiger partial charge on any atom is -1.00 e. The van der Waals surface area contributed by atoms with Crippen LogP contribution in [0.1, 0.15) is 0 Å². The molecule has 0 unspecified atom stereocenters. The Bertz CT molecular complexity index is 11.7. The summed E-state index contributed by atoms with van der Waals surface area (Å²) in [5.74, 6) is 0. The summed E-state index contributed by atoms with van der Waals surface area (Å²) >= 11 is 0. The van der Waals surface area contributed by atoms with E-state index in [9.17, 15) is 0 Å². The van der Waals surface area contributed by atoms with Crippen LogP contribution >= 0.6 is 0 Å². The molecule has 0 aliphatic heterocycles. The van der Waals surface area contributed by atoms with Gasteiger partial charge in [-0.1, -0.05) is 0 Å². The van der Waals surface area contributed by atoms with E-state index in [4.69, 9.17) is 0 Å². The van der Waals surface area contributed by atoms with Gasteiger partial charge < -0.3 is 25.0 Å². The van der Waals surface area contributed by atoms with Crippen LogP contribution in [-0.4, -0.2) is 17.4 Å². The topological polar surface area (TPSA) is 35.0 Å². The van der Waals surface area contributed by atoms with Crippen molar-refractivity contribution in [2.45, 2.75) is 0 Å². The Morgan fingerprint density at radius 3 is 0.571 bits per heavy atom. The molecule has 0 saturated carbocycles. The maximum absolute atomic E-state index is 0. The van der Waals surface area contributed by atoms with Crippen molar-refractivity contribution >= 4 is 17.4 Å². The van der Waals surface area contributed by atoms with E-state index >= 15 is 0 Å². The van der Waals surface area contributed by atoms with Crippen LogP contribution < -0.4 is 54.5 Å². The summed E-state index contributed by atoms with van der Waals surface area (Å²) in [5.41, 5.74) is 0. The molecule has 0 fully saturated rings. The minimum absolute atomic E-state index is 0. The quantitative estimate of drug-likeness (QED) is 0.265. The summed E-state index contributed by atoms with van der Waals surface area (Å²) in [6, 6.07) is 0. The maximum atomic E-state index is 0. The molecule has 0 heterocycles. The molecule has 0 amide bonds. The fourth-order valence-corrected chi connectivity index (χ4v) is 0. The number of halogens is 4. The average Bonchev–Trinajstić information content (AvgIpc) is 0. The van der Waals surface area contributed by atoms with E-state index in [0.29, 0.717) is 0 Å². The molecule has 0 bridgehead atoms. The van der Waals surface area contributed by atoms with Gasteiger partial charge in [0.15, 0.2) is 0 Å². The van der Waals surface area contributed by atoms with E-state index in [1.165, 1.54) is 0 Å². The first-order valence-corrected chi connectivity index (χ1v) is 0. The predicted octanol–water partition coefficient (Wildman–Crippen LogP) is -15.2. The van der Waals surface area contributed by atoms with Crippen LogP contribution in [0.3, 0.4) is 0 Å². The molecule has 0 aliphatic carbocycles. The molecule has 0 rings (SSSR count). The summed E-state index contributed by atoms with van der Waals surface area (Å²) in [6.45, 7) is 0. The van der Waals surface area contributed by atoms with Gasteiger partial charge >= 0.3 is 46.9 Å². The Morgan fingerprint density at radius 2 is 0.571 bits per heavy atom. The van der Waals surface area contributed by atoms with E-state index in [0.717, 1.165) is 0 Å². The van der Waals surface area contributed by atoms with Crippen LogP contribution in [0.5, 0.6) is 0 Å². The van der Waals surface area contributed by atoms with E-state index in [1.54, 1.807) is 0 Å². The normalized spacial score (nSPS) is 0. The molecule has 0 aromatic rings. The van der Waals surface area contributed by atoms with Gasteiger partial charge in [0, 0.05) is 0 Å². The molecule has 0 aliphatic rings. The summed E-state index contributed by atoms with van der Waals surface area (Å²) in [7, 11) is 0. The summed E-state index contributed by atoms with van der Waals surface area (Å²) in [4.78, 5) is 0. The van der Waals surface area contributed by atoms with Crippen LogP contribution in [-0.2, 0) is 0 Å². The van der Waals surface area contributed by atoms with Crippen molar-refractivity contribution in [2.75, 3.05) is 0 Å². The molecule has 0 atom stereocenters. The third-order valence-corrected chi connectivity index (χ3v) is 0. The average molecular weight is 143 g/mol. The zero-order valence-electron chi connectivity index (χ0n) is 3.80. The second-order valence-electron chi connectivity index (χ2n) is 0. The molecule has 3 N–H and O–H groups in total. The smallest absolute Gasteiger partial charge is 1.00 e. The van der Waals surface area contributed by atoms with Crippen molar-refractivity contribution in [1.82, 2.24) is 6.15 Å². The molecule has 0 radical (unpaired) electrons. The molecular weight excluding hydrogens is 140 g/mol. The van der Waals surface area contributed by atoms with Crippen LogP contribution in [0.25, 0.3) is 0 Å². The first-order chi connectivity index (χ1) is 0. The minimum atomic E-state index is 0. The molecule has 0 spiro atoms. The summed E-state index contributed by atoms with van der Waals surface area (Å²) in [5, 5.41) is 0. The largest absolute Gasteiger partial charge is 3.00 e. The van der Waals surface area contributed by atoms with Crippen molar-refractivity contribution in [2.24, 2.45) is 0 Å². The van der Waals surface area contributed by atoms with Crippen molar-refractivity contribution in [3.8, 4) is 0 Å². The summed E-state index contributed by atoms with van der Waals surface area (Å²) < 4.78 is 0. The number of hydrogen-bond donors (Lipinski definition) is 1. The van der Waals surface area contributed by atoms with E-state index in [1.807, 2.05) is 0 Å².